The molecule has 0 fully saturated rings. The minimum absolute atomic E-state index is 0.149. The first kappa shape index (κ1) is 17.7. The fourth-order valence-corrected chi connectivity index (χ4v) is 2.18. The second-order valence-electron chi connectivity index (χ2n) is 5.99. The van der Waals surface area contributed by atoms with Crippen LogP contribution in [0.3, 0.4) is 0 Å². The summed E-state index contributed by atoms with van der Waals surface area (Å²) in [5, 5.41) is 2.99. The molecular weight excluding hydrogens is 260 g/mol. The van der Waals surface area contributed by atoms with E-state index in [0.717, 1.165) is 31.6 Å². The van der Waals surface area contributed by atoms with Crippen LogP contribution >= 0.6 is 0 Å². The van der Waals surface area contributed by atoms with E-state index in [2.05, 4.69) is 62.2 Å². The Labute approximate surface area is 129 Å². The zero-order valence-corrected chi connectivity index (χ0v) is 14.0. The van der Waals surface area contributed by atoms with Crippen molar-refractivity contribution in [3.05, 3.63) is 35.4 Å². The molecular formula is C18H30N2O. The van der Waals surface area contributed by atoms with Crippen molar-refractivity contribution in [2.45, 2.75) is 53.6 Å². The number of nitrogens with zero attached hydrogens (tertiary/aromatic N) is 1. The number of rotatable bonds is 9. The van der Waals surface area contributed by atoms with Crippen molar-refractivity contribution in [2.24, 2.45) is 5.92 Å². The monoisotopic (exact) mass is 290 g/mol. The molecule has 0 aliphatic carbocycles. The minimum Gasteiger partial charge on any atom is -0.352 e. The van der Waals surface area contributed by atoms with Crippen LogP contribution in [0.1, 0.15) is 51.7 Å². The van der Waals surface area contributed by atoms with Gasteiger partial charge in [-0.25, -0.2) is 0 Å². The van der Waals surface area contributed by atoms with Gasteiger partial charge in [0, 0.05) is 19.5 Å². The first-order valence-corrected chi connectivity index (χ1v) is 8.12. The third-order valence-electron chi connectivity index (χ3n) is 3.76. The second-order valence-corrected chi connectivity index (χ2v) is 5.99. The number of hydrogen-bond acceptors (Lipinski definition) is 2. The summed E-state index contributed by atoms with van der Waals surface area (Å²) in [5.74, 6) is 0.728. The lowest BCUT2D eigenvalue weighted by Crippen LogP contribution is -2.23. The third-order valence-corrected chi connectivity index (χ3v) is 3.76. The summed E-state index contributed by atoms with van der Waals surface area (Å²) in [5.41, 5.74) is 2.49. The molecule has 0 bridgehead atoms. The average Bonchev–Trinajstić information content (AvgIpc) is 2.49. The standard InChI is InChI=1S/C18H30N2O/c1-5-20(6-2)14-17-10-8-16(9-11-17)13-19-18(21)12-7-15(3)4/h8-11,15H,5-7,12-14H2,1-4H3,(H,19,21). The molecule has 0 spiro atoms. The van der Waals surface area contributed by atoms with Gasteiger partial charge in [-0.2, -0.15) is 0 Å². The Kier molecular flexibility index (Phi) is 8.06. The van der Waals surface area contributed by atoms with Crippen molar-refractivity contribution in [3.63, 3.8) is 0 Å². The smallest absolute Gasteiger partial charge is 0.220 e. The minimum atomic E-state index is 0.149. The van der Waals surface area contributed by atoms with E-state index in [1.54, 1.807) is 0 Å². The molecule has 0 aliphatic heterocycles. The van der Waals surface area contributed by atoms with Crippen LogP contribution in [-0.4, -0.2) is 23.9 Å². The number of carbonyl (C=O) groups excluding carboxylic acids is 1. The van der Waals surface area contributed by atoms with Gasteiger partial charge in [0.25, 0.3) is 0 Å². The van der Waals surface area contributed by atoms with Gasteiger partial charge >= 0.3 is 0 Å². The molecule has 1 N–H and O–H groups in total. The molecule has 3 heteroatoms. The summed E-state index contributed by atoms with van der Waals surface area (Å²) >= 11 is 0. The van der Waals surface area contributed by atoms with Crippen molar-refractivity contribution in [2.75, 3.05) is 13.1 Å². The normalized spacial score (nSPS) is 11.1. The quantitative estimate of drug-likeness (QED) is 0.754. The first-order chi connectivity index (χ1) is 10.0. The van der Waals surface area contributed by atoms with Gasteiger partial charge < -0.3 is 5.32 Å². The van der Waals surface area contributed by atoms with Gasteiger partial charge in [0.1, 0.15) is 0 Å². The van der Waals surface area contributed by atoms with Crippen molar-refractivity contribution in [3.8, 4) is 0 Å². The van der Waals surface area contributed by atoms with E-state index in [4.69, 9.17) is 0 Å². The fraction of sp³-hybridized carbons (Fsp3) is 0.611. The second kappa shape index (κ2) is 9.56. The Morgan fingerprint density at radius 2 is 1.67 bits per heavy atom. The Morgan fingerprint density at radius 3 is 2.19 bits per heavy atom. The van der Waals surface area contributed by atoms with Crippen molar-refractivity contribution in [1.82, 2.24) is 10.2 Å². The van der Waals surface area contributed by atoms with Gasteiger partial charge in [-0.05, 0) is 36.6 Å². The molecule has 1 amide bonds. The lowest BCUT2D eigenvalue weighted by atomic mass is 10.1. The third kappa shape index (κ3) is 7.28. The van der Waals surface area contributed by atoms with E-state index in [9.17, 15) is 4.79 Å². The Balaban J connectivity index is 2.39. The highest BCUT2D eigenvalue weighted by atomic mass is 16.1. The summed E-state index contributed by atoms with van der Waals surface area (Å²) in [7, 11) is 0. The number of amides is 1. The van der Waals surface area contributed by atoms with Gasteiger partial charge in [0.2, 0.25) is 5.91 Å². The lowest BCUT2D eigenvalue weighted by molar-refractivity contribution is -0.121. The number of carbonyl (C=O) groups is 1. The molecule has 0 saturated heterocycles. The summed E-state index contributed by atoms with van der Waals surface area (Å²) in [6.07, 6.45) is 1.58. The highest BCUT2D eigenvalue weighted by Crippen LogP contribution is 2.08. The molecule has 0 atom stereocenters. The van der Waals surface area contributed by atoms with E-state index < -0.39 is 0 Å². The molecule has 0 heterocycles. The van der Waals surface area contributed by atoms with E-state index in [-0.39, 0.29) is 5.91 Å². The number of nitrogens with one attached hydrogen (secondary N) is 1. The van der Waals surface area contributed by atoms with Crippen LogP contribution < -0.4 is 5.32 Å². The maximum Gasteiger partial charge on any atom is 0.220 e. The first-order valence-electron chi connectivity index (χ1n) is 8.12. The average molecular weight is 290 g/mol. The van der Waals surface area contributed by atoms with Crippen LogP contribution in [0.15, 0.2) is 24.3 Å². The Morgan fingerprint density at radius 1 is 1.10 bits per heavy atom. The summed E-state index contributed by atoms with van der Waals surface area (Å²) in [6.45, 7) is 12.4. The maximum atomic E-state index is 11.7. The Hall–Kier alpha value is -1.35. The van der Waals surface area contributed by atoms with E-state index in [1.807, 2.05) is 0 Å². The maximum absolute atomic E-state index is 11.7. The molecule has 0 saturated carbocycles. The van der Waals surface area contributed by atoms with E-state index in [1.165, 1.54) is 5.56 Å². The SMILES string of the molecule is CCN(CC)Cc1ccc(CNC(=O)CCC(C)C)cc1. The van der Waals surface area contributed by atoms with Crippen LogP contribution in [-0.2, 0) is 17.9 Å². The molecule has 1 aromatic carbocycles. The predicted octanol–water partition coefficient (Wildman–Crippen LogP) is 3.58. The summed E-state index contributed by atoms with van der Waals surface area (Å²) < 4.78 is 0. The molecule has 118 valence electrons. The molecule has 3 nitrogen and oxygen atoms in total. The van der Waals surface area contributed by atoms with Crippen LogP contribution in [0.4, 0.5) is 0 Å². The van der Waals surface area contributed by atoms with E-state index in [0.29, 0.717) is 18.9 Å². The van der Waals surface area contributed by atoms with Crippen LogP contribution in [0.25, 0.3) is 0 Å². The molecule has 0 aliphatic rings. The van der Waals surface area contributed by atoms with Gasteiger partial charge in [-0.1, -0.05) is 52.0 Å². The van der Waals surface area contributed by atoms with Crippen LogP contribution in [0.2, 0.25) is 0 Å². The molecule has 0 aromatic heterocycles. The van der Waals surface area contributed by atoms with Gasteiger partial charge in [-0.15, -0.1) is 0 Å². The predicted molar refractivity (Wildman–Crippen MR) is 89.0 cm³/mol. The molecule has 1 aromatic rings. The zero-order chi connectivity index (χ0) is 15.7. The van der Waals surface area contributed by atoms with Crippen LogP contribution in [0, 0.1) is 5.92 Å². The number of benzene rings is 1. The molecule has 0 unspecified atom stereocenters. The number of hydrogen-bond donors (Lipinski definition) is 1. The van der Waals surface area contributed by atoms with Crippen molar-refractivity contribution in [1.29, 1.82) is 0 Å². The fourth-order valence-electron chi connectivity index (χ4n) is 2.18. The Bertz CT molecular complexity index is 408. The van der Waals surface area contributed by atoms with E-state index >= 15 is 0 Å². The van der Waals surface area contributed by atoms with Gasteiger partial charge in [-0.3, -0.25) is 9.69 Å². The van der Waals surface area contributed by atoms with Crippen molar-refractivity contribution >= 4 is 5.91 Å². The van der Waals surface area contributed by atoms with Crippen LogP contribution in [0.5, 0.6) is 0 Å². The lowest BCUT2D eigenvalue weighted by Gasteiger charge is -2.18. The largest absolute Gasteiger partial charge is 0.352 e. The zero-order valence-electron chi connectivity index (χ0n) is 14.0. The molecule has 0 radical (unpaired) electrons. The molecule has 1 rings (SSSR count). The highest BCUT2D eigenvalue weighted by molar-refractivity contribution is 5.75. The summed E-state index contributed by atoms with van der Waals surface area (Å²) in [4.78, 5) is 14.1. The molecule has 21 heavy (non-hydrogen) atoms. The highest BCUT2D eigenvalue weighted by Gasteiger charge is 2.04. The topological polar surface area (TPSA) is 32.3 Å². The summed E-state index contributed by atoms with van der Waals surface area (Å²) in [6, 6.07) is 8.55. The van der Waals surface area contributed by atoms with Crippen molar-refractivity contribution < 1.29 is 4.79 Å². The van der Waals surface area contributed by atoms with Gasteiger partial charge in [0.05, 0.1) is 0 Å². The van der Waals surface area contributed by atoms with Gasteiger partial charge in [0.15, 0.2) is 0 Å².